The van der Waals surface area contributed by atoms with Crippen LogP contribution in [0.1, 0.15) is 44.6 Å². The van der Waals surface area contributed by atoms with Crippen LogP contribution in [0.25, 0.3) is 11.0 Å². The number of hydrogen-bond donors (Lipinski definition) is 2. The number of para-hydroxylation sites is 2. The van der Waals surface area contributed by atoms with Gasteiger partial charge in [0.2, 0.25) is 5.95 Å². The Morgan fingerprint density at radius 2 is 1.96 bits per heavy atom. The van der Waals surface area contributed by atoms with Crippen LogP contribution in [0.5, 0.6) is 0 Å². The van der Waals surface area contributed by atoms with Gasteiger partial charge in [-0.15, -0.1) is 5.10 Å². The van der Waals surface area contributed by atoms with E-state index in [9.17, 15) is 9.59 Å². The molecule has 1 aliphatic heterocycles. The summed E-state index contributed by atoms with van der Waals surface area (Å²) >= 11 is 0. The van der Waals surface area contributed by atoms with Crippen LogP contribution in [0.15, 0.2) is 29.1 Å². The number of benzene rings is 1. The van der Waals surface area contributed by atoms with Gasteiger partial charge in [0, 0.05) is 25.2 Å². The van der Waals surface area contributed by atoms with Gasteiger partial charge in [-0.05, 0) is 45.7 Å². The van der Waals surface area contributed by atoms with E-state index in [0.29, 0.717) is 19.0 Å². The van der Waals surface area contributed by atoms with Gasteiger partial charge >= 0.3 is 11.7 Å². The third-order valence-corrected chi connectivity index (χ3v) is 5.25. The third kappa shape index (κ3) is 3.28. The molecule has 9 nitrogen and oxygen atoms in total. The van der Waals surface area contributed by atoms with E-state index in [1.165, 1.54) is 0 Å². The van der Waals surface area contributed by atoms with Crippen molar-refractivity contribution in [1.29, 1.82) is 0 Å². The summed E-state index contributed by atoms with van der Waals surface area (Å²) in [5.74, 6) is 1.09. The van der Waals surface area contributed by atoms with Crippen molar-refractivity contribution in [3.8, 4) is 0 Å². The van der Waals surface area contributed by atoms with Gasteiger partial charge in [-0.3, -0.25) is 9.88 Å². The molecule has 148 valence electrons. The Hall–Kier alpha value is -3.10. The molecule has 3 aromatic rings. The molecule has 0 unspecified atom stereocenters. The number of nitrogens with zero attached hydrogens (tertiary/aromatic N) is 5. The molecule has 4 rings (SSSR count). The van der Waals surface area contributed by atoms with Gasteiger partial charge in [-0.1, -0.05) is 12.1 Å². The third-order valence-electron chi connectivity index (χ3n) is 5.25. The number of hydrogen-bond acceptors (Lipinski definition) is 4. The maximum atomic E-state index is 12.6. The molecule has 1 fully saturated rings. The lowest BCUT2D eigenvalue weighted by molar-refractivity contribution is 0.184. The number of amides is 2. The number of nitrogens with one attached hydrogen (secondary N) is 2. The molecule has 1 aromatic carbocycles. The topological polar surface area (TPSA) is 101 Å². The Balaban J connectivity index is 1.42. The molecule has 0 radical (unpaired) electrons. The number of urea groups is 1. The Bertz CT molecular complexity index is 1050. The number of rotatable bonds is 3. The van der Waals surface area contributed by atoms with Crippen molar-refractivity contribution in [2.45, 2.75) is 45.7 Å². The largest absolute Gasteiger partial charge is 0.326 e. The zero-order valence-electron chi connectivity index (χ0n) is 16.3. The first kappa shape index (κ1) is 18.3. The molecule has 9 heteroatoms. The molecule has 28 heavy (non-hydrogen) atoms. The van der Waals surface area contributed by atoms with Crippen LogP contribution in [-0.4, -0.2) is 48.3 Å². The molecule has 2 amide bonds. The minimum absolute atomic E-state index is 0.0771. The van der Waals surface area contributed by atoms with Crippen LogP contribution >= 0.6 is 0 Å². The maximum Gasteiger partial charge on any atom is 0.326 e. The first-order valence-electron chi connectivity index (χ1n) is 9.62. The second-order valence-electron chi connectivity index (χ2n) is 7.49. The fourth-order valence-electron chi connectivity index (χ4n) is 3.88. The van der Waals surface area contributed by atoms with Crippen LogP contribution in [0, 0.1) is 6.92 Å². The number of carbonyl (C=O) groups excluding carboxylic acids is 1. The predicted molar refractivity (Wildman–Crippen MR) is 107 cm³/mol. The van der Waals surface area contributed by atoms with Gasteiger partial charge in [0.05, 0.1) is 11.0 Å². The van der Waals surface area contributed by atoms with E-state index in [0.717, 1.165) is 29.7 Å². The van der Waals surface area contributed by atoms with Crippen molar-refractivity contribution < 1.29 is 4.79 Å². The number of carbonyl (C=O) groups is 1. The minimum atomic E-state index is -0.203. The van der Waals surface area contributed by atoms with Gasteiger partial charge in [-0.2, -0.15) is 4.98 Å². The SMILES string of the molecule is Cc1nc(NC(=O)N2CCC(n3c(=O)[nH]c4ccccc43)CC2)nn1C(C)C. The molecular weight excluding hydrogens is 358 g/mol. The monoisotopic (exact) mass is 383 g/mol. The lowest BCUT2D eigenvalue weighted by Gasteiger charge is -2.32. The fourth-order valence-corrected chi connectivity index (χ4v) is 3.88. The van der Waals surface area contributed by atoms with Gasteiger partial charge in [0.1, 0.15) is 5.82 Å². The summed E-state index contributed by atoms with van der Waals surface area (Å²) in [4.78, 5) is 33.9. The average Bonchev–Trinajstić information content (AvgIpc) is 3.20. The van der Waals surface area contributed by atoms with Crippen molar-refractivity contribution in [1.82, 2.24) is 29.2 Å². The summed E-state index contributed by atoms with van der Waals surface area (Å²) in [5, 5.41) is 7.13. The molecule has 0 saturated carbocycles. The van der Waals surface area contributed by atoms with Crippen molar-refractivity contribution in [3.05, 3.63) is 40.6 Å². The number of anilines is 1. The highest BCUT2D eigenvalue weighted by Crippen LogP contribution is 2.25. The average molecular weight is 383 g/mol. The Morgan fingerprint density at radius 1 is 1.25 bits per heavy atom. The van der Waals surface area contributed by atoms with Crippen molar-refractivity contribution >= 4 is 23.0 Å². The van der Waals surface area contributed by atoms with Crippen LogP contribution in [-0.2, 0) is 0 Å². The summed E-state index contributed by atoms with van der Waals surface area (Å²) in [7, 11) is 0. The van der Waals surface area contributed by atoms with Gasteiger partial charge < -0.3 is 9.88 Å². The van der Waals surface area contributed by atoms with E-state index in [1.807, 2.05) is 49.6 Å². The molecule has 2 aromatic heterocycles. The van der Waals surface area contributed by atoms with E-state index in [1.54, 1.807) is 9.58 Å². The lowest BCUT2D eigenvalue weighted by Crippen LogP contribution is -2.42. The van der Waals surface area contributed by atoms with Crippen molar-refractivity contribution in [3.63, 3.8) is 0 Å². The molecule has 0 aliphatic carbocycles. The van der Waals surface area contributed by atoms with E-state index < -0.39 is 0 Å². The van der Waals surface area contributed by atoms with E-state index >= 15 is 0 Å². The number of fused-ring (bicyclic) bond motifs is 1. The molecule has 1 saturated heterocycles. The molecular formula is C19H25N7O2. The normalized spacial score (nSPS) is 15.5. The zero-order chi connectivity index (χ0) is 19.8. The number of aromatic amines is 1. The van der Waals surface area contributed by atoms with Crippen LogP contribution in [0.3, 0.4) is 0 Å². The Kier molecular flexibility index (Phi) is 4.66. The number of aromatic nitrogens is 5. The second-order valence-corrected chi connectivity index (χ2v) is 7.49. The van der Waals surface area contributed by atoms with Gasteiger partial charge in [-0.25, -0.2) is 14.3 Å². The van der Waals surface area contributed by atoms with Crippen molar-refractivity contribution in [2.24, 2.45) is 0 Å². The number of H-pyrrole nitrogens is 1. The first-order chi connectivity index (χ1) is 13.4. The first-order valence-corrected chi connectivity index (χ1v) is 9.62. The van der Waals surface area contributed by atoms with Crippen LogP contribution in [0.2, 0.25) is 0 Å². The molecule has 0 atom stereocenters. The minimum Gasteiger partial charge on any atom is -0.324 e. The van der Waals surface area contributed by atoms with Gasteiger partial charge in [0.25, 0.3) is 0 Å². The van der Waals surface area contributed by atoms with Crippen LogP contribution in [0.4, 0.5) is 10.7 Å². The molecule has 2 N–H and O–H groups in total. The summed E-state index contributed by atoms with van der Waals surface area (Å²) in [6.07, 6.45) is 1.45. The number of aryl methyl sites for hydroxylation is 1. The molecule has 0 bridgehead atoms. The Labute approximate surface area is 162 Å². The summed E-state index contributed by atoms with van der Waals surface area (Å²) in [5.41, 5.74) is 1.66. The van der Waals surface area contributed by atoms with Crippen LogP contribution < -0.4 is 11.0 Å². The molecule has 0 spiro atoms. The van der Waals surface area contributed by atoms with E-state index in [2.05, 4.69) is 20.4 Å². The smallest absolute Gasteiger partial charge is 0.324 e. The molecule has 1 aliphatic rings. The lowest BCUT2D eigenvalue weighted by atomic mass is 10.0. The highest BCUT2D eigenvalue weighted by atomic mass is 16.2. The number of imidazole rings is 1. The molecule has 3 heterocycles. The standard InChI is InChI=1S/C19H25N7O2/c1-12(2)26-13(3)20-17(23-26)22-18(27)24-10-8-14(9-11-24)25-16-7-5-4-6-15(16)21-19(25)28/h4-7,12,14H,8-11H2,1-3H3,(H,21,28)(H,22,23,27). The van der Waals surface area contributed by atoms with Gasteiger partial charge in [0.15, 0.2) is 0 Å². The quantitative estimate of drug-likeness (QED) is 0.726. The summed E-state index contributed by atoms with van der Waals surface area (Å²) in [6.45, 7) is 7.06. The number of likely N-dealkylation sites (tertiary alicyclic amines) is 1. The van der Waals surface area contributed by atoms with E-state index in [-0.39, 0.29) is 23.8 Å². The fraction of sp³-hybridized carbons (Fsp3) is 0.474. The van der Waals surface area contributed by atoms with Crippen molar-refractivity contribution in [2.75, 3.05) is 18.4 Å². The summed E-state index contributed by atoms with van der Waals surface area (Å²) < 4.78 is 3.60. The predicted octanol–water partition coefficient (Wildman–Crippen LogP) is 2.68. The maximum absolute atomic E-state index is 12.6. The Morgan fingerprint density at radius 3 is 2.64 bits per heavy atom. The highest BCUT2D eigenvalue weighted by Gasteiger charge is 2.26. The zero-order valence-corrected chi connectivity index (χ0v) is 16.3. The number of piperidine rings is 1. The second kappa shape index (κ2) is 7.14. The van der Waals surface area contributed by atoms with E-state index in [4.69, 9.17) is 0 Å². The summed E-state index contributed by atoms with van der Waals surface area (Å²) in [6, 6.07) is 7.75. The highest BCUT2D eigenvalue weighted by molar-refractivity contribution is 5.87.